The molecule has 2 aromatic rings. The zero-order valence-corrected chi connectivity index (χ0v) is 14.6. The van der Waals surface area contributed by atoms with Crippen LogP contribution in [0.25, 0.3) is 0 Å². The molecule has 1 heterocycles. The average Bonchev–Trinajstić information content (AvgIpc) is 3.08. The van der Waals surface area contributed by atoms with Crippen molar-refractivity contribution in [2.45, 2.75) is 12.1 Å². The third kappa shape index (κ3) is 3.28. The lowest BCUT2D eigenvalue weighted by Crippen LogP contribution is -2.32. The monoisotopic (exact) mass is 355 g/mol. The first kappa shape index (κ1) is 17.9. The summed E-state index contributed by atoms with van der Waals surface area (Å²) in [5, 5.41) is 12.9. The highest BCUT2D eigenvalue weighted by Gasteiger charge is 2.52. The largest absolute Gasteiger partial charge is 0.508 e. The predicted octanol–water partition coefficient (Wildman–Crippen LogP) is 2.36. The van der Waals surface area contributed by atoms with Crippen molar-refractivity contribution in [3.8, 4) is 5.75 Å². The zero-order chi connectivity index (χ0) is 18.7. The number of hydrogen-bond donors (Lipinski definition) is 2. The number of carbonyl (C=O) groups is 2. The highest BCUT2D eigenvalue weighted by Crippen LogP contribution is 2.45. The van der Waals surface area contributed by atoms with Crippen molar-refractivity contribution in [1.82, 2.24) is 5.32 Å². The lowest BCUT2D eigenvalue weighted by molar-refractivity contribution is -0.157. The van der Waals surface area contributed by atoms with Crippen molar-refractivity contribution in [3.63, 3.8) is 0 Å². The molecule has 0 radical (unpaired) electrons. The molecule has 6 nitrogen and oxygen atoms in total. The highest BCUT2D eigenvalue weighted by molar-refractivity contribution is 5.84. The molecule has 0 aliphatic carbocycles. The zero-order valence-electron chi connectivity index (χ0n) is 14.6. The van der Waals surface area contributed by atoms with Gasteiger partial charge in [-0.3, -0.25) is 9.59 Å². The van der Waals surface area contributed by atoms with E-state index in [1.165, 1.54) is 14.2 Å². The van der Waals surface area contributed by atoms with E-state index in [-0.39, 0.29) is 5.75 Å². The molecule has 2 aromatic carbocycles. The Morgan fingerprint density at radius 3 is 1.73 bits per heavy atom. The Bertz CT molecular complexity index is 775. The van der Waals surface area contributed by atoms with Crippen LogP contribution in [0.15, 0.2) is 54.6 Å². The standard InChI is InChI=1S/C20H21NO5/c1-25-19(23)15-16(20(24)26-2)18(13-8-10-14(22)11-9-13)21-17(15)12-6-4-3-5-7-12/h3-11,15-18,21-22H,1-2H3/t15-,16+,17+,18-/m1/s1. The number of nitrogens with one attached hydrogen (secondary N) is 1. The van der Waals surface area contributed by atoms with Gasteiger partial charge in [-0.1, -0.05) is 42.5 Å². The van der Waals surface area contributed by atoms with Crippen molar-refractivity contribution < 1.29 is 24.2 Å². The van der Waals surface area contributed by atoms with Crippen LogP contribution in [0.5, 0.6) is 5.75 Å². The molecule has 6 heteroatoms. The van der Waals surface area contributed by atoms with Crippen LogP contribution in [0, 0.1) is 11.8 Å². The van der Waals surface area contributed by atoms with Crippen LogP contribution in [0.1, 0.15) is 23.2 Å². The van der Waals surface area contributed by atoms with Crippen LogP contribution in [0.3, 0.4) is 0 Å². The number of ether oxygens (including phenoxy) is 2. The highest BCUT2D eigenvalue weighted by atomic mass is 16.5. The molecule has 0 spiro atoms. The van der Waals surface area contributed by atoms with Gasteiger partial charge in [0.2, 0.25) is 0 Å². The second-order valence-corrected chi connectivity index (χ2v) is 6.22. The summed E-state index contributed by atoms with van der Waals surface area (Å²) in [5.41, 5.74) is 1.67. The third-order valence-electron chi connectivity index (χ3n) is 4.82. The summed E-state index contributed by atoms with van der Waals surface area (Å²) in [6.07, 6.45) is 0. The van der Waals surface area contributed by atoms with Crippen molar-refractivity contribution in [2.75, 3.05) is 14.2 Å². The molecule has 1 aliphatic heterocycles. The molecular weight excluding hydrogens is 334 g/mol. The normalized spacial score (nSPS) is 24.8. The van der Waals surface area contributed by atoms with Gasteiger partial charge in [-0.05, 0) is 23.3 Å². The maximum Gasteiger partial charge on any atom is 0.311 e. The maximum atomic E-state index is 12.6. The summed E-state index contributed by atoms with van der Waals surface area (Å²) >= 11 is 0. The van der Waals surface area contributed by atoms with Crippen LogP contribution >= 0.6 is 0 Å². The number of methoxy groups -OCH3 is 2. The molecule has 2 N–H and O–H groups in total. The van der Waals surface area contributed by atoms with E-state index in [9.17, 15) is 14.7 Å². The summed E-state index contributed by atoms with van der Waals surface area (Å²) in [6, 6.07) is 15.2. The lowest BCUT2D eigenvalue weighted by atomic mass is 9.82. The fourth-order valence-corrected chi connectivity index (χ4v) is 3.60. The molecule has 1 aliphatic rings. The van der Waals surface area contributed by atoms with Gasteiger partial charge in [-0.15, -0.1) is 0 Å². The number of rotatable bonds is 4. The van der Waals surface area contributed by atoms with E-state index in [0.717, 1.165) is 11.1 Å². The molecule has 3 rings (SSSR count). The number of aromatic hydroxyl groups is 1. The Morgan fingerprint density at radius 2 is 1.27 bits per heavy atom. The van der Waals surface area contributed by atoms with E-state index in [2.05, 4.69) is 5.32 Å². The molecule has 0 saturated carbocycles. The number of phenolic OH excluding ortho intramolecular Hbond substituents is 1. The number of phenols is 1. The Morgan fingerprint density at radius 1 is 0.808 bits per heavy atom. The van der Waals surface area contributed by atoms with Crippen molar-refractivity contribution in [2.24, 2.45) is 11.8 Å². The summed E-state index contributed by atoms with van der Waals surface area (Å²) in [5.74, 6) is -2.30. The number of hydrogen-bond acceptors (Lipinski definition) is 6. The average molecular weight is 355 g/mol. The molecule has 0 aromatic heterocycles. The summed E-state index contributed by atoms with van der Waals surface area (Å²) in [4.78, 5) is 25.1. The van der Waals surface area contributed by atoms with Crippen LogP contribution in [0.4, 0.5) is 0 Å². The van der Waals surface area contributed by atoms with Crippen LogP contribution in [-0.4, -0.2) is 31.3 Å². The fraction of sp³-hybridized carbons (Fsp3) is 0.300. The predicted molar refractivity (Wildman–Crippen MR) is 94.2 cm³/mol. The molecule has 1 saturated heterocycles. The molecule has 1 fully saturated rings. The molecule has 4 atom stereocenters. The van der Waals surface area contributed by atoms with E-state index >= 15 is 0 Å². The second kappa shape index (κ2) is 7.58. The minimum Gasteiger partial charge on any atom is -0.508 e. The van der Waals surface area contributed by atoms with Crippen molar-refractivity contribution in [1.29, 1.82) is 0 Å². The van der Waals surface area contributed by atoms with Crippen LogP contribution in [0.2, 0.25) is 0 Å². The van der Waals surface area contributed by atoms with Crippen molar-refractivity contribution in [3.05, 3.63) is 65.7 Å². The summed E-state index contributed by atoms with van der Waals surface area (Å²) in [7, 11) is 2.62. The molecular formula is C20H21NO5. The Kier molecular flexibility index (Phi) is 5.23. The van der Waals surface area contributed by atoms with Gasteiger partial charge < -0.3 is 19.9 Å². The Labute approximate surface area is 151 Å². The van der Waals surface area contributed by atoms with E-state index in [1.54, 1.807) is 24.3 Å². The van der Waals surface area contributed by atoms with Crippen LogP contribution in [-0.2, 0) is 19.1 Å². The van der Waals surface area contributed by atoms with Gasteiger partial charge in [-0.25, -0.2) is 0 Å². The summed E-state index contributed by atoms with van der Waals surface area (Å²) in [6.45, 7) is 0. The van der Waals surface area contributed by atoms with Gasteiger partial charge in [0, 0.05) is 12.1 Å². The van der Waals surface area contributed by atoms with E-state index < -0.39 is 35.9 Å². The first-order valence-corrected chi connectivity index (χ1v) is 8.32. The van der Waals surface area contributed by atoms with E-state index in [4.69, 9.17) is 9.47 Å². The lowest BCUT2D eigenvalue weighted by Gasteiger charge is -2.21. The SMILES string of the molecule is COC(=O)[C@@H]1[C@H](C(=O)OC)[C@@H](c2ccc(O)cc2)N[C@H]1c1ccccc1. The number of esters is 2. The van der Waals surface area contributed by atoms with Crippen molar-refractivity contribution >= 4 is 11.9 Å². The summed E-state index contributed by atoms with van der Waals surface area (Å²) < 4.78 is 9.97. The van der Waals surface area contributed by atoms with Gasteiger partial charge in [0.25, 0.3) is 0 Å². The van der Waals surface area contributed by atoms with Gasteiger partial charge in [0.1, 0.15) is 5.75 Å². The van der Waals surface area contributed by atoms with Gasteiger partial charge >= 0.3 is 11.9 Å². The van der Waals surface area contributed by atoms with Gasteiger partial charge in [0.05, 0.1) is 26.1 Å². The molecule has 136 valence electrons. The van der Waals surface area contributed by atoms with Gasteiger partial charge in [0.15, 0.2) is 0 Å². The molecule has 0 amide bonds. The molecule has 26 heavy (non-hydrogen) atoms. The van der Waals surface area contributed by atoms with Crippen LogP contribution < -0.4 is 5.32 Å². The second-order valence-electron chi connectivity index (χ2n) is 6.22. The number of carbonyl (C=O) groups excluding carboxylic acids is 2. The van der Waals surface area contributed by atoms with E-state index in [1.807, 2.05) is 30.3 Å². The minimum atomic E-state index is -0.748. The fourth-order valence-electron chi connectivity index (χ4n) is 3.60. The topological polar surface area (TPSA) is 84.9 Å². The smallest absolute Gasteiger partial charge is 0.311 e. The first-order valence-electron chi connectivity index (χ1n) is 8.32. The van der Waals surface area contributed by atoms with E-state index in [0.29, 0.717) is 0 Å². The minimum absolute atomic E-state index is 0.130. The first-order chi connectivity index (χ1) is 12.6. The number of benzene rings is 2. The maximum absolute atomic E-state index is 12.6. The quantitative estimate of drug-likeness (QED) is 0.819. The Hall–Kier alpha value is -2.86. The third-order valence-corrected chi connectivity index (χ3v) is 4.82. The Balaban J connectivity index is 2.07. The van der Waals surface area contributed by atoms with Gasteiger partial charge in [-0.2, -0.15) is 0 Å². The molecule has 0 bridgehead atoms. The molecule has 0 unspecified atom stereocenters.